The molecule has 1 atom stereocenters. The molecular formula is C22H25N5O. The van der Waals surface area contributed by atoms with Gasteiger partial charge < -0.3 is 4.90 Å². The monoisotopic (exact) mass is 375 g/mol. The van der Waals surface area contributed by atoms with Gasteiger partial charge in [-0.3, -0.25) is 9.78 Å². The average molecular weight is 375 g/mol. The fraction of sp³-hybridized carbons (Fsp3) is 0.364. The zero-order valence-corrected chi connectivity index (χ0v) is 16.2. The molecule has 3 aromatic rings. The van der Waals surface area contributed by atoms with E-state index in [0.717, 1.165) is 50.2 Å². The van der Waals surface area contributed by atoms with Gasteiger partial charge in [-0.25, -0.2) is 9.67 Å². The number of amides is 1. The summed E-state index contributed by atoms with van der Waals surface area (Å²) in [6, 6.07) is 14.2. The SMILES string of the molecule is CC(=O)N1CCCC[C@@H]1c1nc(-c2ccncc2)nn1CCc1ccccc1. The molecule has 1 aromatic carbocycles. The molecule has 6 nitrogen and oxygen atoms in total. The molecule has 144 valence electrons. The van der Waals surface area contributed by atoms with Gasteiger partial charge in [0.25, 0.3) is 0 Å². The molecule has 0 aliphatic carbocycles. The second-order valence-electron chi connectivity index (χ2n) is 7.21. The minimum absolute atomic E-state index is 0.00916. The molecule has 0 spiro atoms. The zero-order chi connectivity index (χ0) is 19.3. The van der Waals surface area contributed by atoms with E-state index < -0.39 is 0 Å². The largest absolute Gasteiger partial charge is 0.333 e. The molecule has 28 heavy (non-hydrogen) atoms. The summed E-state index contributed by atoms with van der Waals surface area (Å²) in [5, 5.41) is 4.80. The van der Waals surface area contributed by atoms with Crippen molar-refractivity contribution in [2.45, 2.75) is 45.2 Å². The van der Waals surface area contributed by atoms with Crippen LogP contribution in [0.2, 0.25) is 0 Å². The maximum atomic E-state index is 12.2. The van der Waals surface area contributed by atoms with Gasteiger partial charge in [-0.2, -0.15) is 5.10 Å². The van der Waals surface area contributed by atoms with Crippen LogP contribution in [0.25, 0.3) is 11.4 Å². The summed E-state index contributed by atoms with van der Waals surface area (Å²) < 4.78 is 1.99. The summed E-state index contributed by atoms with van der Waals surface area (Å²) in [5.41, 5.74) is 2.21. The summed E-state index contributed by atoms with van der Waals surface area (Å²) in [5.74, 6) is 1.69. The fourth-order valence-corrected chi connectivity index (χ4v) is 3.85. The summed E-state index contributed by atoms with van der Waals surface area (Å²) >= 11 is 0. The van der Waals surface area contributed by atoms with Crippen molar-refractivity contribution in [3.8, 4) is 11.4 Å². The number of pyridine rings is 1. The number of carbonyl (C=O) groups excluding carboxylic acids is 1. The van der Waals surface area contributed by atoms with Gasteiger partial charge in [0, 0.05) is 38.0 Å². The van der Waals surface area contributed by atoms with Crippen LogP contribution in [0, 0.1) is 0 Å². The first-order chi connectivity index (χ1) is 13.7. The number of likely N-dealkylation sites (tertiary alicyclic amines) is 1. The van der Waals surface area contributed by atoms with Crippen LogP contribution >= 0.6 is 0 Å². The van der Waals surface area contributed by atoms with Crippen molar-refractivity contribution in [1.82, 2.24) is 24.6 Å². The lowest BCUT2D eigenvalue weighted by Crippen LogP contribution is -2.38. The number of aromatic nitrogens is 4. The van der Waals surface area contributed by atoms with Gasteiger partial charge >= 0.3 is 0 Å². The van der Waals surface area contributed by atoms with Gasteiger partial charge in [-0.1, -0.05) is 30.3 Å². The first-order valence-corrected chi connectivity index (χ1v) is 9.88. The van der Waals surface area contributed by atoms with E-state index in [1.165, 1.54) is 5.56 Å². The molecule has 2 aromatic heterocycles. The zero-order valence-electron chi connectivity index (χ0n) is 16.2. The van der Waals surface area contributed by atoms with E-state index in [2.05, 4.69) is 29.2 Å². The third kappa shape index (κ3) is 3.96. The number of hydrogen-bond acceptors (Lipinski definition) is 4. The highest BCUT2D eigenvalue weighted by atomic mass is 16.2. The molecular weight excluding hydrogens is 350 g/mol. The Balaban J connectivity index is 1.68. The molecule has 3 heterocycles. The van der Waals surface area contributed by atoms with Crippen molar-refractivity contribution in [3.63, 3.8) is 0 Å². The molecule has 1 saturated heterocycles. The highest BCUT2D eigenvalue weighted by Gasteiger charge is 2.30. The fourth-order valence-electron chi connectivity index (χ4n) is 3.85. The minimum Gasteiger partial charge on any atom is -0.333 e. The lowest BCUT2D eigenvalue weighted by Gasteiger charge is -2.34. The number of hydrogen-bond donors (Lipinski definition) is 0. The molecule has 4 rings (SSSR count). The van der Waals surface area contributed by atoms with Crippen molar-refractivity contribution in [1.29, 1.82) is 0 Å². The average Bonchev–Trinajstić information content (AvgIpc) is 3.18. The summed E-state index contributed by atoms with van der Waals surface area (Å²) in [6.07, 6.45) is 7.46. The van der Waals surface area contributed by atoms with Crippen molar-refractivity contribution >= 4 is 5.91 Å². The number of piperidine rings is 1. The molecule has 0 N–H and O–H groups in total. The molecule has 0 unspecified atom stereocenters. The Labute approximate surface area is 165 Å². The minimum atomic E-state index is -0.00916. The van der Waals surface area contributed by atoms with Gasteiger partial charge in [0.15, 0.2) is 5.82 Å². The van der Waals surface area contributed by atoms with Crippen LogP contribution in [0.4, 0.5) is 0 Å². The highest BCUT2D eigenvalue weighted by molar-refractivity contribution is 5.73. The Morgan fingerprint density at radius 1 is 1.11 bits per heavy atom. The Bertz CT molecular complexity index is 923. The Morgan fingerprint density at radius 3 is 2.64 bits per heavy atom. The quantitative estimate of drug-likeness (QED) is 0.683. The number of benzene rings is 1. The van der Waals surface area contributed by atoms with Crippen LogP contribution in [0.3, 0.4) is 0 Å². The van der Waals surface area contributed by atoms with E-state index in [1.54, 1.807) is 19.3 Å². The topological polar surface area (TPSA) is 63.9 Å². The van der Waals surface area contributed by atoms with E-state index in [0.29, 0.717) is 5.82 Å². The number of rotatable bonds is 5. The van der Waals surface area contributed by atoms with Gasteiger partial charge in [0.2, 0.25) is 5.91 Å². The van der Waals surface area contributed by atoms with Crippen molar-refractivity contribution in [2.24, 2.45) is 0 Å². The molecule has 0 radical (unpaired) electrons. The molecule has 1 aliphatic rings. The van der Waals surface area contributed by atoms with E-state index in [4.69, 9.17) is 10.1 Å². The smallest absolute Gasteiger partial charge is 0.220 e. The van der Waals surface area contributed by atoms with E-state index in [9.17, 15) is 4.79 Å². The third-order valence-electron chi connectivity index (χ3n) is 5.30. The van der Waals surface area contributed by atoms with Crippen LogP contribution in [0.1, 0.15) is 43.6 Å². The van der Waals surface area contributed by atoms with Gasteiger partial charge in [-0.15, -0.1) is 0 Å². The van der Waals surface area contributed by atoms with Crippen LogP contribution < -0.4 is 0 Å². The summed E-state index contributed by atoms with van der Waals surface area (Å²) in [4.78, 5) is 23.1. The van der Waals surface area contributed by atoms with E-state index in [-0.39, 0.29) is 11.9 Å². The lowest BCUT2D eigenvalue weighted by molar-refractivity contribution is -0.132. The van der Waals surface area contributed by atoms with Crippen molar-refractivity contribution < 1.29 is 4.79 Å². The lowest BCUT2D eigenvalue weighted by atomic mass is 10.0. The van der Waals surface area contributed by atoms with E-state index >= 15 is 0 Å². The second kappa shape index (κ2) is 8.33. The molecule has 1 amide bonds. The van der Waals surface area contributed by atoms with E-state index in [1.807, 2.05) is 27.8 Å². The Morgan fingerprint density at radius 2 is 1.89 bits per heavy atom. The van der Waals surface area contributed by atoms with Gasteiger partial charge in [0.1, 0.15) is 5.82 Å². The Kier molecular flexibility index (Phi) is 5.46. The van der Waals surface area contributed by atoms with Crippen LogP contribution in [-0.4, -0.2) is 37.1 Å². The summed E-state index contributed by atoms with van der Waals surface area (Å²) in [7, 11) is 0. The highest BCUT2D eigenvalue weighted by Crippen LogP contribution is 2.31. The first-order valence-electron chi connectivity index (χ1n) is 9.88. The maximum absolute atomic E-state index is 12.2. The second-order valence-corrected chi connectivity index (χ2v) is 7.21. The van der Waals surface area contributed by atoms with Crippen molar-refractivity contribution in [2.75, 3.05) is 6.54 Å². The normalized spacial score (nSPS) is 16.9. The van der Waals surface area contributed by atoms with Crippen LogP contribution in [0.5, 0.6) is 0 Å². The number of carbonyl (C=O) groups is 1. The van der Waals surface area contributed by atoms with Crippen LogP contribution in [0.15, 0.2) is 54.9 Å². The van der Waals surface area contributed by atoms with Gasteiger partial charge in [-0.05, 0) is 43.4 Å². The molecule has 1 aliphatic heterocycles. The van der Waals surface area contributed by atoms with Crippen LogP contribution in [-0.2, 0) is 17.8 Å². The third-order valence-corrected chi connectivity index (χ3v) is 5.30. The maximum Gasteiger partial charge on any atom is 0.220 e. The number of nitrogens with zero attached hydrogens (tertiary/aromatic N) is 5. The summed E-state index contributed by atoms with van der Waals surface area (Å²) in [6.45, 7) is 3.17. The molecule has 0 saturated carbocycles. The predicted molar refractivity (Wildman–Crippen MR) is 107 cm³/mol. The Hall–Kier alpha value is -3.02. The molecule has 0 bridgehead atoms. The first kappa shape index (κ1) is 18.3. The molecule has 6 heteroatoms. The van der Waals surface area contributed by atoms with Crippen molar-refractivity contribution in [3.05, 3.63) is 66.2 Å². The number of aryl methyl sites for hydroxylation is 2. The molecule has 1 fully saturated rings. The predicted octanol–water partition coefficient (Wildman–Crippen LogP) is 3.66. The standard InChI is InChI=1S/C22H25N5O/c1-17(28)26-15-6-5-9-20(26)22-24-21(19-10-13-23-14-11-19)25-27(22)16-12-18-7-3-2-4-8-18/h2-4,7-8,10-11,13-14,20H,5-6,9,12,15-16H2,1H3/t20-/m1/s1. The van der Waals surface area contributed by atoms with Gasteiger partial charge in [0.05, 0.1) is 6.04 Å².